The number of nitrogens with zero attached hydrogens (tertiary/aromatic N) is 3. The normalized spacial score (nSPS) is 15.0. The second-order valence-electron chi connectivity index (χ2n) is 6.43. The average Bonchev–Trinajstić information content (AvgIpc) is 3.14. The summed E-state index contributed by atoms with van der Waals surface area (Å²) in [5, 5.41) is 15.0. The quantitative estimate of drug-likeness (QED) is 0.724. The molecule has 7 nitrogen and oxygen atoms in total. The zero-order valence-electron chi connectivity index (χ0n) is 14.9. The van der Waals surface area contributed by atoms with Crippen LogP contribution in [0.5, 0.6) is 5.75 Å². The number of hydrogen-bond donors (Lipinski definition) is 2. The number of ether oxygens (including phenoxy) is 1. The summed E-state index contributed by atoms with van der Waals surface area (Å²) in [5.74, 6) is 0.610. The summed E-state index contributed by atoms with van der Waals surface area (Å²) in [6.45, 7) is 4.93. The minimum absolute atomic E-state index is 0.201. The summed E-state index contributed by atoms with van der Waals surface area (Å²) < 4.78 is 7.52. The first kappa shape index (κ1) is 18.7. The number of hydrogen-bond acceptors (Lipinski definition) is 5. The first-order chi connectivity index (χ1) is 12.6. The second kappa shape index (κ2) is 9.00. The molecule has 8 heteroatoms. The SMILES string of the molecule is Cc1cc(Cl)ccc1OCCCNC(=O)c1cn(C2CCNCC2)nn1. The van der Waals surface area contributed by atoms with Crippen molar-refractivity contribution in [2.24, 2.45) is 0 Å². The Bertz CT molecular complexity index is 743. The molecule has 1 aliphatic heterocycles. The molecule has 0 saturated carbocycles. The summed E-state index contributed by atoms with van der Waals surface area (Å²) in [5.41, 5.74) is 1.36. The van der Waals surface area contributed by atoms with Gasteiger partial charge in [-0.15, -0.1) is 5.10 Å². The number of amides is 1. The third kappa shape index (κ3) is 4.95. The van der Waals surface area contributed by atoms with Crippen LogP contribution in [-0.2, 0) is 0 Å². The van der Waals surface area contributed by atoms with Crippen LogP contribution in [0.2, 0.25) is 5.02 Å². The summed E-state index contributed by atoms with van der Waals surface area (Å²) in [4.78, 5) is 12.2. The highest BCUT2D eigenvalue weighted by atomic mass is 35.5. The van der Waals surface area contributed by atoms with Gasteiger partial charge in [-0.1, -0.05) is 16.8 Å². The number of aryl methyl sites for hydroxylation is 1. The van der Waals surface area contributed by atoms with E-state index in [0.29, 0.717) is 36.3 Å². The van der Waals surface area contributed by atoms with Gasteiger partial charge in [0.25, 0.3) is 5.91 Å². The second-order valence-corrected chi connectivity index (χ2v) is 6.87. The van der Waals surface area contributed by atoms with Crippen molar-refractivity contribution in [3.05, 3.63) is 40.7 Å². The monoisotopic (exact) mass is 377 g/mol. The molecule has 3 rings (SSSR count). The van der Waals surface area contributed by atoms with Crippen LogP contribution in [0.4, 0.5) is 0 Å². The van der Waals surface area contributed by atoms with E-state index in [4.69, 9.17) is 16.3 Å². The van der Waals surface area contributed by atoms with E-state index in [9.17, 15) is 4.79 Å². The molecule has 1 amide bonds. The van der Waals surface area contributed by atoms with Gasteiger partial charge in [-0.2, -0.15) is 0 Å². The van der Waals surface area contributed by atoms with Gasteiger partial charge in [-0.05, 0) is 63.0 Å². The lowest BCUT2D eigenvalue weighted by atomic mass is 10.1. The van der Waals surface area contributed by atoms with Gasteiger partial charge in [0.2, 0.25) is 0 Å². The molecule has 140 valence electrons. The first-order valence-corrected chi connectivity index (χ1v) is 9.31. The van der Waals surface area contributed by atoms with E-state index < -0.39 is 0 Å². The van der Waals surface area contributed by atoms with E-state index in [1.165, 1.54) is 0 Å². The number of carbonyl (C=O) groups excluding carboxylic acids is 1. The summed E-state index contributed by atoms with van der Waals surface area (Å²) in [7, 11) is 0. The Labute approximate surface area is 158 Å². The molecule has 2 aromatic rings. The molecule has 1 aromatic carbocycles. The first-order valence-electron chi connectivity index (χ1n) is 8.93. The van der Waals surface area contributed by atoms with Crippen molar-refractivity contribution in [1.82, 2.24) is 25.6 Å². The van der Waals surface area contributed by atoms with Crippen molar-refractivity contribution >= 4 is 17.5 Å². The Kier molecular flexibility index (Phi) is 6.46. The molecule has 0 spiro atoms. The summed E-state index contributed by atoms with van der Waals surface area (Å²) >= 11 is 5.93. The number of piperidine rings is 1. The number of carbonyl (C=O) groups is 1. The van der Waals surface area contributed by atoms with Crippen LogP contribution in [-0.4, -0.2) is 47.1 Å². The average molecular weight is 378 g/mol. The highest BCUT2D eigenvalue weighted by Gasteiger charge is 2.18. The Morgan fingerprint density at radius 1 is 1.42 bits per heavy atom. The predicted octanol–water partition coefficient (Wildman–Crippen LogP) is 2.36. The molecule has 1 fully saturated rings. The molecule has 0 aliphatic carbocycles. The topological polar surface area (TPSA) is 81.1 Å². The molecular formula is C18H24ClN5O2. The van der Waals surface area contributed by atoms with Crippen LogP contribution < -0.4 is 15.4 Å². The maximum absolute atomic E-state index is 12.2. The highest BCUT2D eigenvalue weighted by molar-refractivity contribution is 6.30. The fraction of sp³-hybridized carbons (Fsp3) is 0.500. The zero-order valence-corrected chi connectivity index (χ0v) is 15.6. The van der Waals surface area contributed by atoms with Gasteiger partial charge < -0.3 is 15.4 Å². The third-order valence-electron chi connectivity index (χ3n) is 4.43. The van der Waals surface area contributed by atoms with Gasteiger partial charge in [0.05, 0.1) is 18.8 Å². The van der Waals surface area contributed by atoms with Crippen LogP contribution in [0.1, 0.15) is 41.4 Å². The number of benzene rings is 1. The summed E-state index contributed by atoms with van der Waals surface area (Å²) in [6.07, 6.45) is 4.45. The van der Waals surface area contributed by atoms with Gasteiger partial charge in [0.1, 0.15) is 5.75 Å². The lowest BCUT2D eigenvalue weighted by Gasteiger charge is -2.22. The van der Waals surface area contributed by atoms with Gasteiger partial charge >= 0.3 is 0 Å². The van der Waals surface area contributed by atoms with Crippen LogP contribution in [0.3, 0.4) is 0 Å². The van der Waals surface area contributed by atoms with Gasteiger partial charge in [0.15, 0.2) is 5.69 Å². The van der Waals surface area contributed by atoms with E-state index in [0.717, 1.165) is 37.2 Å². The van der Waals surface area contributed by atoms with E-state index in [-0.39, 0.29) is 5.91 Å². The molecule has 0 bridgehead atoms. The van der Waals surface area contributed by atoms with Crippen molar-refractivity contribution in [3.63, 3.8) is 0 Å². The number of halogens is 1. The number of aromatic nitrogens is 3. The van der Waals surface area contributed by atoms with E-state index >= 15 is 0 Å². The van der Waals surface area contributed by atoms with Gasteiger partial charge in [-0.25, -0.2) is 4.68 Å². The summed E-state index contributed by atoms with van der Waals surface area (Å²) in [6, 6.07) is 5.85. The molecular weight excluding hydrogens is 354 g/mol. The molecule has 0 unspecified atom stereocenters. The highest BCUT2D eigenvalue weighted by Crippen LogP contribution is 2.21. The zero-order chi connectivity index (χ0) is 18.4. The molecule has 2 N–H and O–H groups in total. The standard InChI is InChI=1S/C18H24ClN5O2/c1-13-11-14(19)3-4-17(13)26-10-2-7-21-18(25)16-12-24(23-22-16)15-5-8-20-9-6-15/h3-4,11-12,15,20H,2,5-10H2,1H3,(H,21,25). The molecule has 2 heterocycles. The lowest BCUT2D eigenvalue weighted by molar-refractivity contribution is 0.0946. The van der Waals surface area contributed by atoms with E-state index in [2.05, 4.69) is 20.9 Å². The molecule has 0 radical (unpaired) electrons. The largest absolute Gasteiger partial charge is 0.493 e. The Balaban J connectivity index is 1.39. The minimum atomic E-state index is -0.201. The van der Waals surface area contributed by atoms with Gasteiger partial charge in [0, 0.05) is 11.6 Å². The van der Waals surface area contributed by atoms with Crippen LogP contribution >= 0.6 is 11.6 Å². The Hall–Kier alpha value is -2.12. The minimum Gasteiger partial charge on any atom is -0.493 e. The smallest absolute Gasteiger partial charge is 0.273 e. The molecule has 1 aliphatic rings. The van der Waals surface area contributed by atoms with Crippen LogP contribution in [0.15, 0.2) is 24.4 Å². The number of nitrogens with one attached hydrogen (secondary N) is 2. The Morgan fingerprint density at radius 3 is 3.00 bits per heavy atom. The van der Waals surface area contributed by atoms with Crippen molar-refractivity contribution in [3.8, 4) is 5.75 Å². The molecule has 26 heavy (non-hydrogen) atoms. The predicted molar refractivity (Wildman–Crippen MR) is 99.8 cm³/mol. The molecule has 1 saturated heterocycles. The van der Waals surface area contributed by atoms with E-state index in [1.54, 1.807) is 12.3 Å². The van der Waals surface area contributed by atoms with E-state index in [1.807, 2.05) is 23.7 Å². The molecule has 0 atom stereocenters. The molecule has 1 aromatic heterocycles. The van der Waals surface area contributed by atoms with Crippen molar-refractivity contribution < 1.29 is 9.53 Å². The third-order valence-corrected chi connectivity index (χ3v) is 4.66. The van der Waals surface area contributed by atoms with Gasteiger partial charge in [-0.3, -0.25) is 4.79 Å². The fourth-order valence-corrected chi connectivity index (χ4v) is 3.18. The fourth-order valence-electron chi connectivity index (χ4n) is 2.95. The van der Waals surface area contributed by atoms with Crippen molar-refractivity contribution in [2.45, 2.75) is 32.2 Å². The maximum Gasteiger partial charge on any atom is 0.273 e. The van der Waals surface area contributed by atoms with Crippen LogP contribution in [0.25, 0.3) is 0 Å². The maximum atomic E-state index is 12.2. The Morgan fingerprint density at radius 2 is 2.23 bits per heavy atom. The number of rotatable bonds is 7. The van der Waals surface area contributed by atoms with Crippen molar-refractivity contribution in [1.29, 1.82) is 0 Å². The lowest BCUT2D eigenvalue weighted by Crippen LogP contribution is -2.29. The van der Waals surface area contributed by atoms with Crippen LogP contribution in [0, 0.1) is 6.92 Å². The van der Waals surface area contributed by atoms with Crippen molar-refractivity contribution in [2.75, 3.05) is 26.2 Å².